The maximum absolute atomic E-state index is 11.1. The standard InChI is InChI=1S/C10H17NO/c1-6-8(7(2)3)10(4,5)9(11)12/h6H,2H2,1,3-5H3,(H2,11,12)/b8-6+. The molecule has 0 aliphatic heterocycles. The lowest BCUT2D eigenvalue weighted by molar-refractivity contribution is -0.124. The van der Waals surface area contributed by atoms with Crippen molar-refractivity contribution < 1.29 is 4.79 Å². The van der Waals surface area contributed by atoms with Crippen LogP contribution >= 0.6 is 0 Å². The van der Waals surface area contributed by atoms with Gasteiger partial charge in [-0.15, -0.1) is 0 Å². The van der Waals surface area contributed by atoms with E-state index < -0.39 is 5.41 Å². The van der Waals surface area contributed by atoms with E-state index in [1.807, 2.05) is 19.9 Å². The van der Waals surface area contributed by atoms with Crippen LogP contribution in [0, 0.1) is 5.41 Å². The molecule has 0 unspecified atom stereocenters. The summed E-state index contributed by atoms with van der Waals surface area (Å²) in [5, 5.41) is 0. The molecule has 0 aromatic rings. The van der Waals surface area contributed by atoms with Crippen LogP contribution in [0.4, 0.5) is 0 Å². The van der Waals surface area contributed by atoms with Crippen molar-refractivity contribution in [3.63, 3.8) is 0 Å². The van der Waals surface area contributed by atoms with Crippen molar-refractivity contribution in [1.82, 2.24) is 0 Å². The van der Waals surface area contributed by atoms with E-state index in [-0.39, 0.29) is 5.91 Å². The Morgan fingerprint density at radius 1 is 1.50 bits per heavy atom. The van der Waals surface area contributed by atoms with Crippen LogP contribution in [0.2, 0.25) is 0 Å². The van der Waals surface area contributed by atoms with Crippen LogP contribution in [0.3, 0.4) is 0 Å². The van der Waals surface area contributed by atoms with Crippen molar-refractivity contribution in [1.29, 1.82) is 0 Å². The summed E-state index contributed by atoms with van der Waals surface area (Å²) in [4.78, 5) is 11.1. The summed E-state index contributed by atoms with van der Waals surface area (Å²) in [6, 6.07) is 0. The molecule has 0 bridgehead atoms. The van der Waals surface area contributed by atoms with Crippen LogP contribution in [0.15, 0.2) is 23.8 Å². The van der Waals surface area contributed by atoms with E-state index in [0.717, 1.165) is 11.1 Å². The van der Waals surface area contributed by atoms with Gasteiger partial charge in [0.15, 0.2) is 0 Å². The Balaban J connectivity index is 5.00. The highest BCUT2D eigenvalue weighted by Crippen LogP contribution is 2.30. The Labute approximate surface area is 74.1 Å². The SMILES string of the molecule is C=C(C)/C(=C\C)C(C)(C)C(N)=O. The van der Waals surface area contributed by atoms with Gasteiger partial charge in [-0.25, -0.2) is 0 Å². The van der Waals surface area contributed by atoms with Crippen LogP contribution < -0.4 is 5.73 Å². The zero-order valence-corrected chi connectivity index (χ0v) is 8.27. The lowest BCUT2D eigenvalue weighted by Gasteiger charge is -2.24. The number of rotatable bonds is 3. The molecule has 1 amide bonds. The van der Waals surface area contributed by atoms with E-state index in [9.17, 15) is 4.79 Å². The molecular weight excluding hydrogens is 150 g/mol. The topological polar surface area (TPSA) is 43.1 Å². The normalized spacial score (nSPS) is 12.8. The van der Waals surface area contributed by atoms with Gasteiger partial charge in [0.2, 0.25) is 5.91 Å². The number of nitrogens with two attached hydrogens (primary N) is 1. The molecule has 0 saturated carbocycles. The van der Waals surface area contributed by atoms with Crippen molar-refractivity contribution in [2.75, 3.05) is 0 Å². The molecule has 0 radical (unpaired) electrons. The Kier molecular flexibility index (Phi) is 3.25. The first-order valence-corrected chi connectivity index (χ1v) is 3.96. The van der Waals surface area contributed by atoms with Crippen LogP contribution in [0.5, 0.6) is 0 Å². The highest BCUT2D eigenvalue weighted by Gasteiger charge is 2.29. The minimum Gasteiger partial charge on any atom is -0.369 e. The Hall–Kier alpha value is -1.05. The number of allylic oxidation sites excluding steroid dienone is 2. The Bertz CT molecular complexity index is 236. The van der Waals surface area contributed by atoms with E-state index in [0.29, 0.717) is 0 Å². The molecule has 0 aromatic carbocycles. The summed E-state index contributed by atoms with van der Waals surface area (Å²) in [5.41, 5.74) is 6.46. The number of carbonyl (C=O) groups is 1. The van der Waals surface area contributed by atoms with E-state index in [1.54, 1.807) is 13.8 Å². The van der Waals surface area contributed by atoms with Crippen LogP contribution in [0.1, 0.15) is 27.7 Å². The predicted octanol–water partition coefficient (Wildman–Crippen LogP) is 2.02. The van der Waals surface area contributed by atoms with E-state index in [4.69, 9.17) is 5.73 Å². The van der Waals surface area contributed by atoms with Gasteiger partial charge < -0.3 is 5.73 Å². The fourth-order valence-corrected chi connectivity index (χ4v) is 1.27. The highest BCUT2D eigenvalue weighted by molar-refractivity contribution is 5.84. The first-order chi connectivity index (χ1) is 5.34. The van der Waals surface area contributed by atoms with Crippen LogP contribution in [0.25, 0.3) is 0 Å². The fourth-order valence-electron chi connectivity index (χ4n) is 1.27. The predicted molar refractivity (Wildman–Crippen MR) is 51.5 cm³/mol. The number of carbonyl (C=O) groups excluding carboxylic acids is 1. The van der Waals surface area contributed by atoms with Crippen molar-refractivity contribution in [3.8, 4) is 0 Å². The maximum atomic E-state index is 11.1. The largest absolute Gasteiger partial charge is 0.369 e. The van der Waals surface area contributed by atoms with Gasteiger partial charge >= 0.3 is 0 Å². The second kappa shape index (κ2) is 3.57. The van der Waals surface area contributed by atoms with Crippen molar-refractivity contribution in [2.24, 2.45) is 11.1 Å². The zero-order valence-electron chi connectivity index (χ0n) is 8.27. The van der Waals surface area contributed by atoms with Gasteiger partial charge in [0.05, 0.1) is 5.41 Å². The molecule has 0 fully saturated rings. The Morgan fingerprint density at radius 2 is 1.92 bits per heavy atom. The number of hydrogen-bond donors (Lipinski definition) is 1. The molecule has 0 rings (SSSR count). The van der Waals surface area contributed by atoms with Gasteiger partial charge in [0.25, 0.3) is 0 Å². The highest BCUT2D eigenvalue weighted by atomic mass is 16.1. The van der Waals surface area contributed by atoms with Gasteiger partial charge in [-0.3, -0.25) is 4.79 Å². The summed E-state index contributed by atoms with van der Waals surface area (Å²) in [5.74, 6) is -0.321. The molecule has 0 aliphatic carbocycles. The lowest BCUT2D eigenvalue weighted by Crippen LogP contribution is -2.33. The number of primary amides is 1. The van der Waals surface area contributed by atoms with Crippen LogP contribution in [-0.2, 0) is 4.79 Å². The van der Waals surface area contributed by atoms with Gasteiger partial charge in [0, 0.05) is 0 Å². The number of hydrogen-bond acceptors (Lipinski definition) is 1. The van der Waals surface area contributed by atoms with E-state index in [2.05, 4.69) is 6.58 Å². The molecule has 0 atom stereocenters. The molecule has 0 aliphatic rings. The fraction of sp³-hybridized carbons (Fsp3) is 0.500. The first kappa shape index (κ1) is 11.0. The zero-order chi connectivity index (χ0) is 9.94. The average molecular weight is 167 g/mol. The van der Waals surface area contributed by atoms with Crippen molar-refractivity contribution in [2.45, 2.75) is 27.7 Å². The number of amides is 1. The second-order valence-corrected chi connectivity index (χ2v) is 3.47. The monoisotopic (exact) mass is 167 g/mol. The molecular formula is C10H17NO. The van der Waals surface area contributed by atoms with Gasteiger partial charge in [0.1, 0.15) is 0 Å². The third-order valence-electron chi connectivity index (χ3n) is 2.04. The molecule has 0 spiro atoms. The van der Waals surface area contributed by atoms with Gasteiger partial charge in [-0.05, 0) is 33.3 Å². The quantitative estimate of drug-likeness (QED) is 0.642. The molecule has 2 heteroatoms. The molecule has 2 N–H and O–H groups in total. The third-order valence-corrected chi connectivity index (χ3v) is 2.04. The van der Waals surface area contributed by atoms with Crippen molar-refractivity contribution >= 4 is 5.91 Å². The van der Waals surface area contributed by atoms with Crippen LogP contribution in [-0.4, -0.2) is 5.91 Å². The molecule has 0 heterocycles. The minimum atomic E-state index is -0.611. The minimum absolute atomic E-state index is 0.321. The summed E-state index contributed by atoms with van der Waals surface area (Å²) in [7, 11) is 0. The molecule has 68 valence electrons. The van der Waals surface area contributed by atoms with E-state index in [1.165, 1.54) is 0 Å². The first-order valence-electron chi connectivity index (χ1n) is 3.96. The smallest absolute Gasteiger partial charge is 0.227 e. The lowest BCUT2D eigenvalue weighted by atomic mass is 9.80. The summed E-state index contributed by atoms with van der Waals surface area (Å²) in [6.07, 6.45) is 1.88. The second-order valence-electron chi connectivity index (χ2n) is 3.47. The third kappa shape index (κ3) is 1.97. The molecule has 12 heavy (non-hydrogen) atoms. The summed E-state index contributed by atoms with van der Waals surface area (Å²) < 4.78 is 0. The Morgan fingerprint density at radius 3 is 2.00 bits per heavy atom. The van der Waals surface area contributed by atoms with Gasteiger partial charge in [-0.2, -0.15) is 0 Å². The molecule has 2 nitrogen and oxygen atoms in total. The maximum Gasteiger partial charge on any atom is 0.227 e. The van der Waals surface area contributed by atoms with Crippen molar-refractivity contribution in [3.05, 3.63) is 23.8 Å². The molecule has 0 saturated heterocycles. The van der Waals surface area contributed by atoms with E-state index >= 15 is 0 Å². The summed E-state index contributed by atoms with van der Waals surface area (Å²) in [6.45, 7) is 11.2. The molecule has 0 aromatic heterocycles. The summed E-state index contributed by atoms with van der Waals surface area (Å²) >= 11 is 0. The van der Waals surface area contributed by atoms with Gasteiger partial charge in [-0.1, -0.05) is 18.2 Å². The average Bonchev–Trinajstić information content (AvgIpc) is 1.86.